The van der Waals surface area contributed by atoms with E-state index >= 15 is 0 Å². The molecule has 0 aliphatic heterocycles. The zero-order valence-corrected chi connectivity index (χ0v) is 19.1. The molecule has 0 radical (unpaired) electrons. The Morgan fingerprint density at radius 2 is 1.71 bits per heavy atom. The van der Waals surface area contributed by atoms with E-state index in [1.165, 1.54) is 27.8 Å². The average molecular weight is 415 g/mol. The summed E-state index contributed by atoms with van der Waals surface area (Å²) < 4.78 is 4.99. The Labute approximate surface area is 187 Å². The second kappa shape index (κ2) is 10.9. The van der Waals surface area contributed by atoms with Crippen molar-refractivity contribution in [3.8, 4) is 11.1 Å². The summed E-state index contributed by atoms with van der Waals surface area (Å²) in [6, 6.07) is 19.4. The standard InChI is InChI=1S/C29H34O2/c1-4-31-28(30)13-9-8-10-24-20-25(22-29(2,3)21-24)15-14-23-16-18-27(19-17-23)26-11-6-5-7-12-26/h5-8,10-12,15-20H,4,9,13-14,21-22H2,1-3H3/b10-8+,25-15-. The molecule has 2 aromatic carbocycles. The van der Waals surface area contributed by atoms with Gasteiger partial charge in [0.2, 0.25) is 0 Å². The van der Waals surface area contributed by atoms with Crippen molar-refractivity contribution in [1.29, 1.82) is 0 Å². The highest BCUT2D eigenvalue weighted by Crippen LogP contribution is 2.38. The molecular weight excluding hydrogens is 380 g/mol. The van der Waals surface area contributed by atoms with Crippen molar-refractivity contribution in [3.05, 3.63) is 95.6 Å². The summed E-state index contributed by atoms with van der Waals surface area (Å²) in [4.78, 5) is 11.5. The molecule has 1 aliphatic rings. The van der Waals surface area contributed by atoms with E-state index in [4.69, 9.17) is 4.74 Å². The minimum absolute atomic E-state index is 0.121. The highest BCUT2D eigenvalue weighted by Gasteiger charge is 2.24. The van der Waals surface area contributed by atoms with Crippen LogP contribution in [0.4, 0.5) is 0 Å². The summed E-state index contributed by atoms with van der Waals surface area (Å²) in [5, 5.41) is 0. The molecule has 0 spiro atoms. The Kier molecular flexibility index (Phi) is 8.06. The van der Waals surface area contributed by atoms with Gasteiger partial charge in [0.1, 0.15) is 0 Å². The summed E-state index contributed by atoms with van der Waals surface area (Å²) in [6.07, 6.45) is 13.2. The van der Waals surface area contributed by atoms with Crippen molar-refractivity contribution in [2.45, 2.75) is 52.9 Å². The van der Waals surface area contributed by atoms with Crippen LogP contribution in [-0.4, -0.2) is 12.6 Å². The molecule has 162 valence electrons. The lowest BCUT2D eigenvalue weighted by atomic mass is 9.75. The SMILES string of the molecule is CCOC(=O)CC/C=C/C1=CC(=C/Cc2ccc(-c3ccccc3)cc2)/CC(C)(C)C1. The molecule has 0 N–H and O–H groups in total. The highest BCUT2D eigenvalue weighted by molar-refractivity contribution is 5.69. The minimum atomic E-state index is -0.121. The summed E-state index contributed by atoms with van der Waals surface area (Å²) in [6.45, 7) is 6.95. The summed E-state index contributed by atoms with van der Waals surface area (Å²) in [5.74, 6) is -0.121. The van der Waals surface area contributed by atoms with Gasteiger partial charge in [-0.05, 0) is 60.3 Å². The number of rotatable bonds is 8. The predicted octanol–water partition coefficient (Wildman–Crippen LogP) is 7.47. The summed E-state index contributed by atoms with van der Waals surface area (Å²) >= 11 is 0. The lowest BCUT2D eigenvalue weighted by molar-refractivity contribution is -0.143. The third kappa shape index (κ3) is 7.40. The van der Waals surface area contributed by atoms with Crippen LogP contribution in [0.25, 0.3) is 11.1 Å². The molecule has 2 aromatic rings. The van der Waals surface area contributed by atoms with Crippen molar-refractivity contribution < 1.29 is 9.53 Å². The molecule has 0 atom stereocenters. The number of carbonyl (C=O) groups excluding carboxylic acids is 1. The lowest BCUT2D eigenvalue weighted by Gasteiger charge is -2.30. The number of allylic oxidation sites excluding steroid dienone is 6. The Balaban J connectivity index is 1.63. The molecule has 2 nitrogen and oxygen atoms in total. The molecule has 0 bridgehead atoms. The fourth-order valence-electron chi connectivity index (χ4n) is 4.13. The molecule has 0 amide bonds. The van der Waals surface area contributed by atoms with Gasteiger partial charge in [-0.25, -0.2) is 0 Å². The lowest BCUT2D eigenvalue weighted by Crippen LogP contribution is -2.16. The van der Waals surface area contributed by atoms with Crippen molar-refractivity contribution in [2.24, 2.45) is 5.41 Å². The average Bonchev–Trinajstić information content (AvgIpc) is 2.75. The number of ether oxygens (including phenoxy) is 1. The van der Waals surface area contributed by atoms with Gasteiger partial charge < -0.3 is 4.74 Å². The van der Waals surface area contributed by atoms with E-state index in [1.807, 2.05) is 13.0 Å². The normalized spacial score (nSPS) is 17.0. The molecule has 31 heavy (non-hydrogen) atoms. The van der Waals surface area contributed by atoms with Crippen LogP contribution in [0.1, 0.15) is 52.0 Å². The van der Waals surface area contributed by atoms with Crippen molar-refractivity contribution in [3.63, 3.8) is 0 Å². The quantitative estimate of drug-likeness (QED) is 0.419. The van der Waals surface area contributed by atoms with E-state index in [0.717, 1.165) is 25.7 Å². The number of benzene rings is 2. The Bertz CT molecular complexity index is 944. The van der Waals surface area contributed by atoms with E-state index in [0.29, 0.717) is 13.0 Å². The highest BCUT2D eigenvalue weighted by atomic mass is 16.5. The predicted molar refractivity (Wildman–Crippen MR) is 130 cm³/mol. The van der Waals surface area contributed by atoms with Crippen LogP contribution >= 0.6 is 0 Å². The van der Waals surface area contributed by atoms with Crippen LogP contribution in [-0.2, 0) is 16.0 Å². The second-order valence-corrected chi connectivity index (χ2v) is 9.03. The molecular formula is C29H34O2. The van der Waals surface area contributed by atoms with Crippen LogP contribution in [0.2, 0.25) is 0 Å². The number of carbonyl (C=O) groups is 1. The molecule has 0 fully saturated rings. The van der Waals surface area contributed by atoms with E-state index in [-0.39, 0.29) is 11.4 Å². The van der Waals surface area contributed by atoms with E-state index in [1.54, 1.807) is 0 Å². The zero-order chi connectivity index (χ0) is 22.1. The molecule has 0 heterocycles. The van der Waals surface area contributed by atoms with Crippen LogP contribution in [0.15, 0.2) is 90.0 Å². The van der Waals surface area contributed by atoms with Gasteiger partial charge in [-0.2, -0.15) is 0 Å². The summed E-state index contributed by atoms with van der Waals surface area (Å²) in [7, 11) is 0. The Hall–Kier alpha value is -2.87. The number of hydrogen-bond donors (Lipinski definition) is 0. The molecule has 0 aromatic heterocycles. The molecule has 0 saturated heterocycles. The second-order valence-electron chi connectivity index (χ2n) is 9.03. The molecule has 2 heteroatoms. The number of hydrogen-bond acceptors (Lipinski definition) is 2. The van der Waals surface area contributed by atoms with Gasteiger partial charge in [0, 0.05) is 6.42 Å². The van der Waals surface area contributed by atoms with Gasteiger partial charge in [0.25, 0.3) is 0 Å². The largest absolute Gasteiger partial charge is 0.466 e. The Morgan fingerprint density at radius 3 is 2.42 bits per heavy atom. The van der Waals surface area contributed by atoms with Gasteiger partial charge >= 0.3 is 5.97 Å². The van der Waals surface area contributed by atoms with Crippen molar-refractivity contribution in [2.75, 3.05) is 6.61 Å². The Morgan fingerprint density at radius 1 is 1.00 bits per heavy atom. The third-order valence-electron chi connectivity index (χ3n) is 5.55. The van der Waals surface area contributed by atoms with Gasteiger partial charge in [0.05, 0.1) is 6.61 Å². The minimum Gasteiger partial charge on any atom is -0.466 e. The number of esters is 1. The van der Waals surface area contributed by atoms with E-state index < -0.39 is 0 Å². The first-order valence-corrected chi connectivity index (χ1v) is 11.3. The monoisotopic (exact) mass is 414 g/mol. The molecule has 0 unspecified atom stereocenters. The first kappa shape index (κ1) is 22.8. The van der Waals surface area contributed by atoms with Gasteiger partial charge in [-0.15, -0.1) is 0 Å². The fourth-order valence-corrected chi connectivity index (χ4v) is 4.13. The van der Waals surface area contributed by atoms with E-state index in [2.05, 4.69) is 86.7 Å². The maximum atomic E-state index is 11.5. The third-order valence-corrected chi connectivity index (χ3v) is 5.55. The van der Waals surface area contributed by atoms with E-state index in [9.17, 15) is 4.79 Å². The van der Waals surface area contributed by atoms with Crippen LogP contribution in [0.3, 0.4) is 0 Å². The maximum absolute atomic E-state index is 11.5. The molecule has 0 saturated carbocycles. The van der Waals surface area contributed by atoms with Crippen LogP contribution in [0, 0.1) is 5.41 Å². The van der Waals surface area contributed by atoms with Crippen molar-refractivity contribution in [1.82, 2.24) is 0 Å². The van der Waals surface area contributed by atoms with Crippen LogP contribution in [0.5, 0.6) is 0 Å². The summed E-state index contributed by atoms with van der Waals surface area (Å²) in [5.41, 5.74) is 6.82. The van der Waals surface area contributed by atoms with Gasteiger partial charge in [0.15, 0.2) is 0 Å². The topological polar surface area (TPSA) is 26.3 Å². The molecule has 3 rings (SSSR count). The van der Waals surface area contributed by atoms with Gasteiger partial charge in [-0.1, -0.05) is 98.3 Å². The zero-order valence-electron chi connectivity index (χ0n) is 19.1. The maximum Gasteiger partial charge on any atom is 0.306 e. The first-order chi connectivity index (χ1) is 14.9. The smallest absolute Gasteiger partial charge is 0.306 e. The van der Waals surface area contributed by atoms with Gasteiger partial charge in [-0.3, -0.25) is 4.79 Å². The molecule has 1 aliphatic carbocycles. The fraction of sp³-hybridized carbons (Fsp3) is 0.345. The first-order valence-electron chi connectivity index (χ1n) is 11.3. The van der Waals surface area contributed by atoms with Crippen LogP contribution < -0.4 is 0 Å². The van der Waals surface area contributed by atoms with Crippen molar-refractivity contribution >= 4 is 5.97 Å².